The fraction of sp³-hybridized carbons (Fsp3) is 0.0769. The summed E-state index contributed by atoms with van der Waals surface area (Å²) in [5, 5.41) is 19.6. The van der Waals surface area contributed by atoms with Gasteiger partial charge < -0.3 is 4.42 Å². The summed E-state index contributed by atoms with van der Waals surface area (Å²) in [5.41, 5.74) is 0.738. The van der Waals surface area contributed by atoms with Crippen molar-refractivity contribution in [2.75, 3.05) is 0 Å². The predicted octanol–water partition coefficient (Wildman–Crippen LogP) is 3.69. The molecule has 0 amide bonds. The van der Waals surface area contributed by atoms with E-state index in [4.69, 9.17) is 21.3 Å². The molecule has 1 aromatic carbocycles. The van der Waals surface area contributed by atoms with Crippen LogP contribution in [0.5, 0.6) is 0 Å². The van der Waals surface area contributed by atoms with Crippen LogP contribution in [-0.2, 0) is 0 Å². The predicted molar refractivity (Wildman–Crippen MR) is 73.3 cm³/mol. The lowest BCUT2D eigenvalue weighted by atomic mass is 10.2. The van der Waals surface area contributed by atoms with Crippen molar-refractivity contribution in [1.82, 2.24) is 0 Å². The number of nitriles is 1. The van der Waals surface area contributed by atoms with Gasteiger partial charge in [0.2, 0.25) is 5.88 Å². The Kier molecular flexibility index (Phi) is 3.82. The van der Waals surface area contributed by atoms with E-state index in [9.17, 15) is 10.1 Å². The number of furan rings is 1. The Hall–Kier alpha value is -2.65. The van der Waals surface area contributed by atoms with E-state index in [1.807, 2.05) is 6.07 Å². The second kappa shape index (κ2) is 5.55. The van der Waals surface area contributed by atoms with Gasteiger partial charge in [0.25, 0.3) is 5.69 Å². The smallest absolute Gasteiger partial charge is 0.269 e. The third-order valence-corrected chi connectivity index (χ3v) is 2.77. The van der Waals surface area contributed by atoms with Gasteiger partial charge in [-0.2, -0.15) is 10.3 Å². The largest absolute Gasteiger partial charge is 0.442 e. The number of nitro benzene ring substituents is 1. The van der Waals surface area contributed by atoms with Gasteiger partial charge in [-0.05, 0) is 25.1 Å². The Morgan fingerprint density at radius 3 is 2.65 bits per heavy atom. The van der Waals surface area contributed by atoms with E-state index in [1.54, 1.807) is 13.0 Å². The van der Waals surface area contributed by atoms with Crippen molar-refractivity contribution in [3.8, 4) is 6.07 Å². The Balaban J connectivity index is 2.35. The highest BCUT2D eigenvalue weighted by atomic mass is 35.5. The minimum atomic E-state index is -0.501. The molecule has 1 aromatic heterocycles. The van der Waals surface area contributed by atoms with Gasteiger partial charge in [0, 0.05) is 17.7 Å². The van der Waals surface area contributed by atoms with E-state index >= 15 is 0 Å². The monoisotopic (exact) mass is 289 g/mol. The first-order chi connectivity index (χ1) is 9.51. The van der Waals surface area contributed by atoms with Crippen molar-refractivity contribution in [3.63, 3.8) is 0 Å². The molecule has 0 fully saturated rings. The summed E-state index contributed by atoms with van der Waals surface area (Å²) in [4.78, 5) is 14.1. The van der Waals surface area contributed by atoms with Crippen LogP contribution < -0.4 is 0 Å². The summed E-state index contributed by atoms with van der Waals surface area (Å²) < 4.78 is 5.26. The summed E-state index contributed by atoms with van der Waals surface area (Å²) in [7, 11) is 0. The Morgan fingerprint density at radius 1 is 1.45 bits per heavy atom. The van der Waals surface area contributed by atoms with Crippen LogP contribution in [0.25, 0.3) is 0 Å². The van der Waals surface area contributed by atoms with Gasteiger partial charge in [-0.1, -0.05) is 11.6 Å². The zero-order valence-electron chi connectivity index (χ0n) is 10.3. The fourth-order valence-electron chi connectivity index (χ4n) is 1.54. The van der Waals surface area contributed by atoms with Crippen LogP contribution in [0.2, 0.25) is 0 Å². The van der Waals surface area contributed by atoms with Crippen molar-refractivity contribution in [1.29, 1.82) is 5.26 Å². The lowest BCUT2D eigenvalue weighted by molar-refractivity contribution is -0.384. The standard InChI is InChI=1S/C13H8ClN3O3/c1-8-6-10(7-15)13(20-8)16-12(14)9-2-4-11(5-3-9)17(18)19/h2-6H,1H3/b16-12-. The summed E-state index contributed by atoms with van der Waals surface area (Å²) in [5.74, 6) is 0.668. The molecule has 2 rings (SSSR count). The molecule has 0 bridgehead atoms. The van der Waals surface area contributed by atoms with Crippen LogP contribution in [-0.4, -0.2) is 10.1 Å². The molecular weight excluding hydrogens is 282 g/mol. The molecule has 0 spiro atoms. The molecule has 0 saturated carbocycles. The SMILES string of the molecule is Cc1cc(C#N)c(/N=C(\Cl)c2ccc([N+](=O)[O-])cc2)o1. The second-order valence-electron chi connectivity index (χ2n) is 3.89. The lowest BCUT2D eigenvalue weighted by Crippen LogP contribution is -1.92. The Labute approximate surface area is 119 Å². The van der Waals surface area contributed by atoms with Gasteiger partial charge in [0.1, 0.15) is 22.6 Å². The zero-order chi connectivity index (χ0) is 14.7. The second-order valence-corrected chi connectivity index (χ2v) is 4.25. The van der Waals surface area contributed by atoms with Gasteiger partial charge in [-0.15, -0.1) is 0 Å². The maximum atomic E-state index is 10.6. The molecule has 2 aromatic rings. The summed E-state index contributed by atoms with van der Waals surface area (Å²) in [6.45, 7) is 1.69. The number of nitro groups is 1. The molecule has 100 valence electrons. The molecule has 0 aliphatic rings. The van der Waals surface area contributed by atoms with E-state index in [0.717, 1.165) is 0 Å². The highest BCUT2D eigenvalue weighted by Crippen LogP contribution is 2.25. The number of hydrogen-bond acceptors (Lipinski definition) is 5. The molecule has 0 aliphatic carbocycles. The normalized spacial score (nSPS) is 11.2. The fourth-order valence-corrected chi connectivity index (χ4v) is 1.74. The highest BCUT2D eigenvalue weighted by molar-refractivity contribution is 6.69. The van der Waals surface area contributed by atoms with Gasteiger partial charge in [-0.25, -0.2) is 0 Å². The molecule has 0 unspecified atom stereocenters. The van der Waals surface area contributed by atoms with Crippen LogP contribution in [0.3, 0.4) is 0 Å². The topological polar surface area (TPSA) is 92.4 Å². The number of hydrogen-bond donors (Lipinski definition) is 0. The van der Waals surface area contributed by atoms with Gasteiger partial charge in [0.05, 0.1) is 4.92 Å². The van der Waals surface area contributed by atoms with E-state index in [0.29, 0.717) is 11.3 Å². The minimum Gasteiger partial charge on any atom is -0.442 e. The molecule has 0 atom stereocenters. The lowest BCUT2D eigenvalue weighted by Gasteiger charge is -1.97. The summed E-state index contributed by atoms with van der Waals surface area (Å²) >= 11 is 6.02. The Morgan fingerprint density at radius 2 is 2.10 bits per heavy atom. The van der Waals surface area contributed by atoms with E-state index in [-0.39, 0.29) is 22.3 Å². The van der Waals surface area contributed by atoms with Gasteiger partial charge in [0.15, 0.2) is 0 Å². The van der Waals surface area contributed by atoms with Gasteiger partial charge in [-0.3, -0.25) is 10.1 Å². The first-order valence-electron chi connectivity index (χ1n) is 5.51. The van der Waals surface area contributed by atoms with Crippen molar-refractivity contribution in [2.24, 2.45) is 4.99 Å². The van der Waals surface area contributed by atoms with Crippen molar-refractivity contribution in [2.45, 2.75) is 6.92 Å². The molecule has 0 saturated heterocycles. The molecule has 0 aliphatic heterocycles. The quantitative estimate of drug-likeness (QED) is 0.489. The average Bonchev–Trinajstić information content (AvgIpc) is 2.78. The molecular formula is C13H8ClN3O3. The van der Waals surface area contributed by atoms with Crippen LogP contribution in [0.15, 0.2) is 39.7 Å². The maximum Gasteiger partial charge on any atom is 0.269 e. The van der Waals surface area contributed by atoms with E-state index in [2.05, 4.69) is 4.99 Å². The van der Waals surface area contributed by atoms with E-state index in [1.165, 1.54) is 24.3 Å². The number of rotatable bonds is 3. The molecule has 0 N–H and O–H groups in total. The number of nitrogens with zero attached hydrogens (tertiary/aromatic N) is 3. The number of aliphatic imine (C=N–C) groups is 1. The number of halogens is 1. The zero-order valence-corrected chi connectivity index (χ0v) is 11.1. The summed E-state index contributed by atoms with van der Waals surface area (Å²) in [6, 6.07) is 9.11. The molecule has 7 heteroatoms. The number of non-ortho nitro benzene ring substituents is 1. The number of benzene rings is 1. The first-order valence-corrected chi connectivity index (χ1v) is 5.88. The minimum absolute atomic E-state index is 0.0372. The molecule has 0 radical (unpaired) electrons. The van der Waals surface area contributed by atoms with Crippen molar-refractivity contribution >= 4 is 28.3 Å². The molecule has 6 nitrogen and oxygen atoms in total. The van der Waals surface area contributed by atoms with Crippen molar-refractivity contribution < 1.29 is 9.34 Å². The summed E-state index contributed by atoms with van der Waals surface area (Å²) in [6.07, 6.45) is 0. The highest BCUT2D eigenvalue weighted by Gasteiger charge is 2.11. The van der Waals surface area contributed by atoms with Crippen LogP contribution in [0, 0.1) is 28.4 Å². The Bertz CT molecular complexity index is 726. The third-order valence-electron chi connectivity index (χ3n) is 2.47. The average molecular weight is 290 g/mol. The third kappa shape index (κ3) is 2.84. The first kappa shape index (κ1) is 13.8. The van der Waals surface area contributed by atoms with Crippen LogP contribution in [0.1, 0.15) is 16.9 Å². The maximum absolute atomic E-state index is 10.6. The van der Waals surface area contributed by atoms with Crippen LogP contribution in [0.4, 0.5) is 11.6 Å². The van der Waals surface area contributed by atoms with Gasteiger partial charge >= 0.3 is 0 Å². The molecule has 20 heavy (non-hydrogen) atoms. The molecule has 1 heterocycles. The number of aryl methyl sites for hydroxylation is 1. The van der Waals surface area contributed by atoms with Crippen LogP contribution >= 0.6 is 11.6 Å². The van der Waals surface area contributed by atoms with Crippen molar-refractivity contribution in [3.05, 3.63) is 57.3 Å². The van der Waals surface area contributed by atoms with E-state index < -0.39 is 4.92 Å².